The molecule has 1 heterocycles. The summed E-state index contributed by atoms with van der Waals surface area (Å²) in [5.41, 5.74) is 0.567. The Labute approximate surface area is 145 Å². The average molecular weight is 346 g/mol. The number of hydrogen-bond donors (Lipinski definition) is 0. The minimum atomic E-state index is -0.437. The van der Waals surface area contributed by atoms with Crippen LogP contribution in [0.3, 0.4) is 0 Å². The van der Waals surface area contributed by atoms with Crippen molar-refractivity contribution in [3.05, 3.63) is 60.2 Å². The highest BCUT2D eigenvalue weighted by Crippen LogP contribution is 2.20. The summed E-state index contributed by atoms with van der Waals surface area (Å²) in [6.07, 6.45) is 0.189. The van der Waals surface area contributed by atoms with Crippen molar-refractivity contribution in [3.63, 3.8) is 0 Å². The lowest BCUT2D eigenvalue weighted by Crippen LogP contribution is -2.49. The van der Waals surface area contributed by atoms with Crippen molar-refractivity contribution in [1.29, 1.82) is 0 Å². The predicted molar refractivity (Wildman–Crippen MR) is 91.7 cm³/mol. The molecule has 1 amide bonds. The van der Waals surface area contributed by atoms with E-state index in [1.165, 1.54) is 18.2 Å². The molecule has 0 atom stereocenters. The Hall–Kier alpha value is -2.63. The number of carbonyl (C=O) groups excluding carboxylic acids is 1. The van der Waals surface area contributed by atoms with Gasteiger partial charge in [0.15, 0.2) is 11.6 Å². The topological polar surface area (TPSA) is 32.8 Å². The second-order valence-electron chi connectivity index (χ2n) is 5.85. The van der Waals surface area contributed by atoms with Crippen molar-refractivity contribution in [3.8, 4) is 5.75 Å². The van der Waals surface area contributed by atoms with Crippen LogP contribution in [0, 0.1) is 11.6 Å². The van der Waals surface area contributed by atoms with Gasteiger partial charge in [0, 0.05) is 26.2 Å². The minimum Gasteiger partial charge on any atom is -0.490 e. The lowest BCUT2D eigenvalue weighted by atomic mass is 10.2. The van der Waals surface area contributed by atoms with Crippen LogP contribution in [0.2, 0.25) is 0 Å². The van der Waals surface area contributed by atoms with E-state index in [-0.39, 0.29) is 30.5 Å². The van der Waals surface area contributed by atoms with Crippen LogP contribution in [0.5, 0.6) is 5.75 Å². The number of amides is 1. The molecule has 0 spiro atoms. The highest BCUT2D eigenvalue weighted by atomic mass is 19.1. The quantitative estimate of drug-likeness (QED) is 0.834. The summed E-state index contributed by atoms with van der Waals surface area (Å²) < 4.78 is 32.6. The molecule has 2 aromatic rings. The normalized spacial score (nSPS) is 14.5. The van der Waals surface area contributed by atoms with E-state index in [1.54, 1.807) is 35.2 Å². The molecule has 3 rings (SSSR count). The molecule has 0 unspecified atom stereocenters. The molecule has 2 aromatic carbocycles. The molecule has 1 fully saturated rings. The Balaban J connectivity index is 1.46. The fourth-order valence-corrected chi connectivity index (χ4v) is 2.87. The maximum absolute atomic E-state index is 13.8. The van der Waals surface area contributed by atoms with Gasteiger partial charge < -0.3 is 14.5 Å². The van der Waals surface area contributed by atoms with Crippen LogP contribution in [0.1, 0.15) is 6.42 Å². The van der Waals surface area contributed by atoms with Crippen molar-refractivity contribution >= 4 is 11.6 Å². The van der Waals surface area contributed by atoms with Crippen LogP contribution < -0.4 is 9.64 Å². The van der Waals surface area contributed by atoms with E-state index in [2.05, 4.69) is 0 Å². The van der Waals surface area contributed by atoms with Crippen molar-refractivity contribution in [2.75, 3.05) is 37.7 Å². The van der Waals surface area contributed by atoms with E-state index in [0.29, 0.717) is 31.9 Å². The van der Waals surface area contributed by atoms with Gasteiger partial charge in [0.1, 0.15) is 5.82 Å². The third-order valence-corrected chi connectivity index (χ3v) is 4.24. The van der Waals surface area contributed by atoms with Crippen LogP contribution in [0.4, 0.5) is 14.5 Å². The summed E-state index contributed by atoms with van der Waals surface area (Å²) in [7, 11) is 0. The number of halogens is 2. The number of nitrogens with zero attached hydrogens (tertiary/aromatic N) is 2. The van der Waals surface area contributed by atoms with Crippen molar-refractivity contribution < 1.29 is 18.3 Å². The number of anilines is 1. The van der Waals surface area contributed by atoms with E-state index < -0.39 is 5.82 Å². The van der Waals surface area contributed by atoms with Crippen LogP contribution in [-0.2, 0) is 4.79 Å². The number of hydrogen-bond acceptors (Lipinski definition) is 3. The first-order valence-corrected chi connectivity index (χ1v) is 8.30. The second kappa shape index (κ2) is 7.96. The zero-order chi connectivity index (χ0) is 17.6. The van der Waals surface area contributed by atoms with E-state index >= 15 is 0 Å². The fraction of sp³-hybridized carbons (Fsp3) is 0.316. The van der Waals surface area contributed by atoms with Gasteiger partial charge >= 0.3 is 0 Å². The van der Waals surface area contributed by atoms with E-state index in [1.807, 2.05) is 4.90 Å². The van der Waals surface area contributed by atoms with Gasteiger partial charge in [-0.05, 0) is 24.3 Å². The standard InChI is InChI=1S/C19H20F2N2O2/c20-15-5-1-3-7-17(15)22-10-12-23(13-11-22)19(24)9-14-25-18-8-4-2-6-16(18)21/h1-8H,9-14H2. The lowest BCUT2D eigenvalue weighted by Gasteiger charge is -2.36. The summed E-state index contributed by atoms with van der Waals surface area (Å²) in [5, 5.41) is 0. The highest BCUT2D eigenvalue weighted by molar-refractivity contribution is 5.76. The maximum atomic E-state index is 13.8. The molecule has 1 aliphatic rings. The summed E-state index contributed by atoms with van der Waals surface area (Å²) in [6, 6.07) is 12.8. The Bertz CT molecular complexity index is 731. The zero-order valence-corrected chi connectivity index (χ0v) is 13.8. The Morgan fingerprint density at radius 2 is 1.56 bits per heavy atom. The molecular formula is C19H20F2N2O2. The van der Waals surface area contributed by atoms with Gasteiger partial charge in [-0.15, -0.1) is 0 Å². The molecule has 25 heavy (non-hydrogen) atoms. The monoisotopic (exact) mass is 346 g/mol. The predicted octanol–water partition coefficient (Wildman–Crippen LogP) is 3.08. The Morgan fingerprint density at radius 1 is 0.920 bits per heavy atom. The van der Waals surface area contributed by atoms with E-state index in [4.69, 9.17) is 4.74 Å². The lowest BCUT2D eigenvalue weighted by molar-refractivity contribution is -0.132. The minimum absolute atomic E-state index is 0.0375. The number of rotatable bonds is 5. The first-order valence-electron chi connectivity index (χ1n) is 8.30. The summed E-state index contributed by atoms with van der Waals surface area (Å²) in [6.45, 7) is 2.37. The largest absolute Gasteiger partial charge is 0.490 e. The molecule has 6 heteroatoms. The Morgan fingerprint density at radius 3 is 2.24 bits per heavy atom. The number of carbonyl (C=O) groups is 1. The van der Waals surface area contributed by atoms with Gasteiger partial charge in [-0.1, -0.05) is 24.3 Å². The fourth-order valence-electron chi connectivity index (χ4n) is 2.87. The molecule has 132 valence electrons. The van der Waals surface area contributed by atoms with Gasteiger partial charge in [-0.25, -0.2) is 8.78 Å². The molecule has 1 saturated heterocycles. The Kier molecular flexibility index (Phi) is 5.48. The van der Waals surface area contributed by atoms with E-state index in [0.717, 1.165) is 0 Å². The number of benzene rings is 2. The van der Waals surface area contributed by atoms with Gasteiger partial charge in [0.2, 0.25) is 5.91 Å². The molecule has 0 saturated carbocycles. The first-order chi connectivity index (χ1) is 12.1. The summed E-state index contributed by atoms with van der Waals surface area (Å²) in [5.74, 6) is -0.571. The van der Waals surface area contributed by atoms with Crippen LogP contribution in [-0.4, -0.2) is 43.6 Å². The van der Waals surface area contributed by atoms with Gasteiger partial charge in [0.05, 0.1) is 18.7 Å². The molecule has 1 aliphatic heterocycles. The molecule has 0 aromatic heterocycles. The number of ether oxygens (including phenoxy) is 1. The summed E-state index contributed by atoms with van der Waals surface area (Å²) >= 11 is 0. The smallest absolute Gasteiger partial charge is 0.226 e. The first kappa shape index (κ1) is 17.2. The molecule has 0 aliphatic carbocycles. The van der Waals surface area contributed by atoms with Crippen LogP contribution >= 0.6 is 0 Å². The number of piperazine rings is 1. The van der Waals surface area contributed by atoms with E-state index in [9.17, 15) is 13.6 Å². The second-order valence-corrected chi connectivity index (χ2v) is 5.85. The SMILES string of the molecule is O=C(CCOc1ccccc1F)N1CCN(c2ccccc2F)CC1. The maximum Gasteiger partial charge on any atom is 0.226 e. The van der Waals surface area contributed by atoms with Crippen molar-refractivity contribution in [1.82, 2.24) is 4.90 Å². The molecule has 0 radical (unpaired) electrons. The summed E-state index contributed by atoms with van der Waals surface area (Å²) in [4.78, 5) is 15.9. The van der Waals surface area contributed by atoms with Gasteiger partial charge in [0.25, 0.3) is 0 Å². The van der Waals surface area contributed by atoms with Gasteiger partial charge in [-0.2, -0.15) is 0 Å². The highest BCUT2D eigenvalue weighted by Gasteiger charge is 2.22. The third kappa shape index (κ3) is 4.26. The zero-order valence-electron chi connectivity index (χ0n) is 13.8. The average Bonchev–Trinajstić information content (AvgIpc) is 2.64. The molecule has 0 bridgehead atoms. The van der Waals surface area contributed by atoms with Crippen LogP contribution in [0.25, 0.3) is 0 Å². The molecule has 4 nitrogen and oxygen atoms in total. The van der Waals surface area contributed by atoms with Crippen LogP contribution in [0.15, 0.2) is 48.5 Å². The third-order valence-electron chi connectivity index (χ3n) is 4.24. The van der Waals surface area contributed by atoms with Gasteiger partial charge in [-0.3, -0.25) is 4.79 Å². The van der Waals surface area contributed by atoms with Crippen molar-refractivity contribution in [2.24, 2.45) is 0 Å². The molecular weight excluding hydrogens is 326 g/mol. The van der Waals surface area contributed by atoms with Crippen molar-refractivity contribution in [2.45, 2.75) is 6.42 Å². The number of para-hydroxylation sites is 2. The molecule has 0 N–H and O–H groups in total.